The summed E-state index contributed by atoms with van der Waals surface area (Å²) < 4.78 is 0. The minimum absolute atomic E-state index is 0.162. The molecule has 1 unspecified atom stereocenters. The minimum Gasteiger partial charge on any atom is -0.343 e. The van der Waals surface area contributed by atoms with Gasteiger partial charge in [0.05, 0.1) is 0 Å². The predicted octanol–water partition coefficient (Wildman–Crippen LogP) is 2.36. The molecule has 1 amide bonds. The molecule has 24 heavy (non-hydrogen) atoms. The molecule has 0 bridgehead atoms. The molecular formula is C17H24N6O. The van der Waals surface area contributed by atoms with E-state index >= 15 is 0 Å². The fourth-order valence-corrected chi connectivity index (χ4v) is 3.22. The van der Waals surface area contributed by atoms with Crippen LogP contribution in [-0.2, 0) is 11.2 Å². The van der Waals surface area contributed by atoms with Gasteiger partial charge < -0.3 is 10.2 Å². The van der Waals surface area contributed by atoms with Gasteiger partial charge in [-0.3, -0.25) is 9.89 Å². The minimum atomic E-state index is 0.162. The molecule has 1 atom stereocenters. The quantitative estimate of drug-likeness (QED) is 0.900. The molecule has 2 aromatic heterocycles. The summed E-state index contributed by atoms with van der Waals surface area (Å²) in [5.74, 6) is 2.86. The van der Waals surface area contributed by atoms with Gasteiger partial charge in [0.25, 0.3) is 0 Å². The Hall–Kier alpha value is -2.44. The first-order valence-electron chi connectivity index (χ1n) is 8.38. The Morgan fingerprint density at radius 2 is 2.17 bits per heavy atom. The zero-order valence-corrected chi connectivity index (χ0v) is 14.5. The van der Waals surface area contributed by atoms with Gasteiger partial charge in [-0.1, -0.05) is 0 Å². The summed E-state index contributed by atoms with van der Waals surface area (Å²) in [6, 6.07) is 3.91. The number of aromatic nitrogens is 4. The lowest BCUT2D eigenvalue weighted by Crippen LogP contribution is -2.39. The van der Waals surface area contributed by atoms with Gasteiger partial charge in [-0.15, -0.1) is 0 Å². The van der Waals surface area contributed by atoms with E-state index in [4.69, 9.17) is 0 Å². The number of amides is 1. The van der Waals surface area contributed by atoms with E-state index in [2.05, 4.69) is 25.5 Å². The molecule has 1 saturated heterocycles. The molecule has 128 valence electrons. The Bertz CT molecular complexity index is 726. The standard InChI is InChI=1S/C17H24N6O/c1-11-7-17(22-21-11)20-16-9-15(18-12(2)19-16)8-14-5-4-6-23(10-14)13(3)24/h7,9,14H,4-6,8,10H2,1-3H3,(H2,18,19,20,21,22). The smallest absolute Gasteiger partial charge is 0.219 e. The van der Waals surface area contributed by atoms with E-state index in [-0.39, 0.29) is 5.91 Å². The monoisotopic (exact) mass is 328 g/mol. The lowest BCUT2D eigenvalue weighted by atomic mass is 9.93. The number of nitrogens with zero attached hydrogens (tertiary/aromatic N) is 4. The maximum absolute atomic E-state index is 11.6. The Labute approximate surface area is 141 Å². The fraction of sp³-hybridized carbons (Fsp3) is 0.529. The van der Waals surface area contributed by atoms with Crippen LogP contribution in [0.25, 0.3) is 0 Å². The topological polar surface area (TPSA) is 86.8 Å². The molecule has 2 N–H and O–H groups in total. The first-order chi connectivity index (χ1) is 11.5. The van der Waals surface area contributed by atoms with Crippen LogP contribution < -0.4 is 5.32 Å². The van der Waals surface area contributed by atoms with Crippen LogP contribution in [0.4, 0.5) is 11.6 Å². The highest BCUT2D eigenvalue weighted by Gasteiger charge is 2.22. The normalized spacial score (nSPS) is 17.8. The van der Waals surface area contributed by atoms with Gasteiger partial charge in [-0.05, 0) is 39.0 Å². The average Bonchev–Trinajstić information content (AvgIpc) is 2.92. The van der Waals surface area contributed by atoms with E-state index in [1.165, 1.54) is 0 Å². The van der Waals surface area contributed by atoms with E-state index in [1.807, 2.05) is 30.9 Å². The highest BCUT2D eigenvalue weighted by Crippen LogP contribution is 2.22. The van der Waals surface area contributed by atoms with Gasteiger partial charge in [0, 0.05) is 43.5 Å². The Kier molecular flexibility index (Phi) is 4.78. The SMILES string of the molecule is CC(=O)N1CCCC(Cc2cc(Nc3cc(C)[nH]n3)nc(C)n2)C1. The Morgan fingerprint density at radius 3 is 2.88 bits per heavy atom. The van der Waals surface area contributed by atoms with E-state index in [0.29, 0.717) is 5.92 Å². The van der Waals surface area contributed by atoms with E-state index < -0.39 is 0 Å². The second-order valence-electron chi connectivity index (χ2n) is 6.53. The van der Waals surface area contributed by atoms with Crippen molar-refractivity contribution in [3.63, 3.8) is 0 Å². The molecule has 0 spiro atoms. The number of aryl methyl sites for hydroxylation is 2. The summed E-state index contributed by atoms with van der Waals surface area (Å²) in [7, 11) is 0. The molecule has 1 aliphatic heterocycles. The third kappa shape index (κ3) is 4.10. The van der Waals surface area contributed by atoms with Crippen LogP contribution in [0.5, 0.6) is 0 Å². The molecule has 3 heterocycles. The number of hydrogen-bond donors (Lipinski definition) is 2. The molecule has 1 aliphatic rings. The predicted molar refractivity (Wildman–Crippen MR) is 92.1 cm³/mol. The van der Waals surface area contributed by atoms with Gasteiger partial charge in [-0.2, -0.15) is 5.10 Å². The van der Waals surface area contributed by atoms with Crippen LogP contribution >= 0.6 is 0 Å². The second kappa shape index (κ2) is 6.98. The summed E-state index contributed by atoms with van der Waals surface area (Å²) in [5.41, 5.74) is 2.00. The van der Waals surface area contributed by atoms with Crippen LogP contribution in [0.2, 0.25) is 0 Å². The largest absolute Gasteiger partial charge is 0.343 e. The number of likely N-dealkylation sites (tertiary alicyclic amines) is 1. The van der Waals surface area contributed by atoms with Crippen molar-refractivity contribution >= 4 is 17.5 Å². The fourth-order valence-electron chi connectivity index (χ4n) is 3.22. The average molecular weight is 328 g/mol. The molecule has 2 aromatic rings. The highest BCUT2D eigenvalue weighted by molar-refractivity contribution is 5.73. The first-order valence-corrected chi connectivity index (χ1v) is 8.38. The zero-order valence-electron chi connectivity index (χ0n) is 14.5. The molecule has 0 saturated carbocycles. The number of rotatable bonds is 4. The van der Waals surface area contributed by atoms with Crippen LogP contribution in [0.3, 0.4) is 0 Å². The van der Waals surface area contributed by atoms with Crippen molar-refractivity contribution in [1.82, 2.24) is 25.1 Å². The number of aromatic amines is 1. The molecule has 0 aromatic carbocycles. The van der Waals surface area contributed by atoms with Crippen LogP contribution in [0.15, 0.2) is 12.1 Å². The number of H-pyrrole nitrogens is 1. The zero-order chi connectivity index (χ0) is 17.1. The summed E-state index contributed by atoms with van der Waals surface area (Å²) in [6.45, 7) is 7.19. The van der Waals surface area contributed by atoms with Crippen molar-refractivity contribution in [2.75, 3.05) is 18.4 Å². The number of carbonyl (C=O) groups is 1. The van der Waals surface area contributed by atoms with Crippen molar-refractivity contribution in [3.05, 3.63) is 29.3 Å². The molecule has 0 aliphatic carbocycles. The third-order valence-corrected chi connectivity index (χ3v) is 4.32. The first kappa shape index (κ1) is 16.4. The lowest BCUT2D eigenvalue weighted by Gasteiger charge is -2.32. The molecule has 3 rings (SSSR count). The summed E-state index contributed by atoms with van der Waals surface area (Å²) in [4.78, 5) is 22.5. The van der Waals surface area contributed by atoms with Crippen LogP contribution in [-0.4, -0.2) is 44.1 Å². The lowest BCUT2D eigenvalue weighted by molar-refractivity contribution is -0.130. The number of carbonyl (C=O) groups excluding carboxylic acids is 1. The van der Waals surface area contributed by atoms with Gasteiger partial charge in [0.2, 0.25) is 5.91 Å². The van der Waals surface area contributed by atoms with Gasteiger partial charge >= 0.3 is 0 Å². The summed E-state index contributed by atoms with van der Waals surface area (Å²) in [5, 5.41) is 10.3. The number of anilines is 2. The summed E-state index contributed by atoms with van der Waals surface area (Å²) >= 11 is 0. The van der Waals surface area contributed by atoms with Crippen molar-refractivity contribution in [3.8, 4) is 0 Å². The molecule has 0 radical (unpaired) electrons. The third-order valence-electron chi connectivity index (χ3n) is 4.32. The van der Waals surface area contributed by atoms with Gasteiger partial charge in [0.1, 0.15) is 11.6 Å². The van der Waals surface area contributed by atoms with Crippen molar-refractivity contribution in [1.29, 1.82) is 0 Å². The van der Waals surface area contributed by atoms with Crippen molar-refractivity contribution < 1.29 is 4.79 Å². The summed E-state index contributed by atoms with van der Waals surface area (Å²) in [6.07, 6.45) is 3.06. The van der Waals surface area contributed by atoms with Crippen LogP contribution in [0, 0.1) is 19.8 Å². The Morgan fingerprint density at radius 1 is 1.33 bits per heavy atom. The van der Waals surface area contributed by atoms with Crippen molar-refractivity contribution in [2.45, 2.75) is 40.0 Å². The van der Waals surface area contributed by atoms with E-state index in [9.17, 15) is 4.79 Å². The molecule has 1 fully saturated rings. The van der Waals surface area contributed by atoms with Crippen molar-refractivity contribution in [2.24, 2.45) is 5.92 Å². The van der Waals surface area contributed by atoms with E-state index in [0.717, 1.165) is 61.2 Å². The number of hydrogen-bond acceptors (Lipinski definition) is 5. The van der Waals surface area contributed by atoms with Gasteiger partial charge in [0.15, 0.2) is 5.82 Å². The van der Waals surface area contributed by atoms with Crippen LogP contribution in [0.1, 0.15) is 37.0 Å². The Balaban J connectivity index is 1.70. The van der Waals surface area contributed by atoms with Gasteiger partial charge in [-0.25, -0.2) is 9.97 Å². The molecular weight excluding hydrogens is 304 g/mol. The molecule has 7 heteroatoms. The second-order valence-corrected chi connectivity index (χ2v) is 6.53. The number of piperidine rings is 1. The van der Waals surface area contributed by atoms with E-state index in [1.54, 1.807) is 6.92 Å². The maximum Gasteiger partial charge on any atom is 0.219 e. The number of nitrogens with one attached hydrogen (secondary N) is 2. The highest BCUT2D eigenvalue weighted by atomic mass is 16.2. The molecule has 7 nitrogen and oxygen atoms in total. The maximum atomic E-state index is 11.6.